The van der Waals surface area contributed by atoms with Gasteiger partial charge in [0.15, 0.2) is 0 Å². The zero-order valence-corrected chi connectivity index (χ0v) is 50.3. The van der Waals surface area contributed by atoms with Crippen LogP contribution < -0.4 is 42.5 Å². The van der Waals surface area contributed by atoms with Gasteiger partial charge in [0.25, 0.3) is 0 Å². The molecule has 6 aromatic carbocycles. The number of rotatable bonds is 19. The van der Waals surface area contributed by atoms with Crippen LogP contribution in [-0.2, 0) is 47.9 Å². The molecule has 8 N–H and O–H groups in total. The highest BCUT2D eigenvalue weighted by Gasteiger charge is 2.43. The van der Waals surface area contributed by atoms with Crippen LogP contribution in [-0.4, -0.2) is 120 Å². The maximum absolute atomic E-state index is 12.8. The fourth-order valence-electron chi connectivity index (χ4n) is 10.1. The fourth-order valence-corrected chi connectivity index (χ4v) is 15.5. The van der Waals surface area contributed by atoms with Crippen molar-refractivity contribution in [3.05, 3.63) is 215 Å². The molecule has 0 aliphatic carbocycles. The van der Waals surface area contributed by atoms with Gasteiger partial charge in [-0.15, -0.1) is 23.5 Å². The topological polar surface area (TPSA) is 233 Å². The molecule has 0 bridgehead atoms. The smallest absolute Gasteiger partial charge is 0.244 e. The molecule has 4 aliphatic rings. The summed E-state index contributed by atoms with van der Waals surface area (Å²) in [6, 6.07) is 58.7. The van der Waals surface area contributed by atoms with E-state index >= 15 is 0 Å². The molecule has 10 rings (SSSR count). The van der Waals surface area contributed by atoms with E-state index in [2.05, 4.69) is 115 Å². The summed E-state index contributed by atoms with van der Waals surface area (Å²) in [5.74, 6) is 0.467. The van der Waals surface area contributed by atoms with Gasteiger partial charge in [0, 0.05) is 23.0 Å². The Morgan fingerprint density at radius 1 is 0.341 bits per heavy atom. The van der Waals surface area contributed by atoms with E-state index < -0.39 is 45.7 Å². The van der Waals surface area contributed by atoms with E-state index in [1.165, 1.54) is 21.6 Å². The molecule has 4 heterocycles. The van der Waals surface area contributed by atoms with Crippen molar-refractivity contribution in [1.29, 1.82) is 0 Å². The van der Waals surface area contributed by atoms with Gasteiger partial charge in [0.1, 0.15) is 36.3 Å². The second kappa shape index (κ2) is 31.0. The molecule has 20 heteroatoms. The highest BCUT2D eigenvalue weighted by Crippen LogP contribution is 2.50. The Kier molecular flexibility index (Phi) is 23.7. The highest BCUT2D eigenvalue weighted by atomic mass is 33.1. The summed E-state index contributed by atoms with van der Waals surface area (Å²) in [4.78, 5) is 96.2. The number of carbonyl (C=O) groups excluding carboxylic acids is 8. The van der Waals surface area contributed by atoms with Gasteiger partial charge >= 0.3 is 0 Å². The molecular formula is C65H74N8O8S4. The normalized spacial score (nSPS) is 20.4. The monoisotopic (exact) mass is 1220 g/mol. The second-order valence-electron chi connectivity index (χ2n) is 21.0. The number of benzene rings is 6. The molecule has 4 aliphatic heterocycles. The predicted molar refractivity (Wildman–Crippen MR) is 342 cm³/mol. The van der Waals surface area contributed by atoms with Crippen LogP contribution in [0.3, 0.4) is 0 Å². The van der Waals surface area contributed by atoms with Crippen LogP contribution in [0.1, 0.15) is 68.5 Å². The molecule has 8 amide bonds. The Bertz CT molecular complexity index is 3010. The molecule has 6 aromatic rings. The van der Waals surface area contributed by atoms with Crippen molar-refractivity contribution in [3.8, 4) is 0 Å². The zero-order valence-electron chi connectivity index (χ0n) is 47.1. The van der Waals surface area contributed by atoms with Gasteiger partial charge in [-0.2, -0.15) is 0 Å². The molecule has 85 heavy (non-hydrogen) atoms. The third-order valence-electron chi connectivity index (χ3n) is 14.5. The minimum Gasteiger partial charge on any atom is -0.345 e. The van der Waals surface area contributed by atoms with E-state index in [1.54, 1.807) is 23.5 Å². The summed E-state index contributed by atoms with van der Waals surface area (Å²) < 4.78 is -1.03. The summed E-state index contributed by atoms with van der Waals surface area (Å²) in [7, 11) is 2.76. The van der Waals surface area contributed by atoms with Gasteiger partial charge in [0.2, 0.25) is 47.3 Å². The quantitative estimate of drug-likeness (QED) is 0.0234. The molecule has 0 spiro atoms. The molecule has 0 radical (unpaired) electrons. The van der Waals surface area contributed by atoms with Gasteiger partial charge in [-0.1, -0.05) is 239 Å². The van der Waals surface area contributed by atoms with E-state index in [1.807, 2.05) is 137 Å². The summed E-state index contributed by atoms with van der Waals surface area (Å²) in [6.07, 6.45) is 0. The van der Waals surface area contributed by atoms with Crippen LogP contribution in [0.4, 0.5) is 0 Å². The summed E-state index contributed by atoms with van der Waals surface area (Å²) in [5.41, 5.74) is 6.78. The Morgan fingerprint density at radius 3 is 0.859 bits per heavy atom. The predicted octanol–water partition coefficient (Wildman–Crippen LogP) is 6.93. The third-order valence-corrected chi connectivity index (χ3v) is 20.2. The first-order valence-corrected chi connectivity index (χ1v) is 32.3. The first-order chi connectivity index (χ1) is 40.6. The largest absolute Gasteiger partial charge is 0.345 e. The van der Waals surface area contributed by atoms with E-state index in [4.69, 9.17) is 0 Å². The van der Waals surface area contributed by atoms with Crippen molar-refractivity contribution in [2.45, 2.75) is 80.9 Å². The number of nitrogens with one attached hydrogen (secondary N) is 8. The van der Waals surface area contributed by atoms with Gasteiger partial charge in [0.05, 0.1) is 22.6 Å². The van der Waals surface area contributed by atoms with Crippen LogP contribution in [0.15, 0.2) is 182 Å². The van der Waals surface area contributed by atoms with Crippen LogP contribution in [0.25, 0.3) is 0 Å². The lowest BCUT2D eigenvalue weighted by Gasteiger charge is -2.38. The zero-order chi connectivity index (χ0) is 59.6. The number of amides is 8. The first-order valence-electron chi connectivity index (χ1n) is 27.8. The maximum Gasteiger partial charge on any atom is 0.244 e. The average Bonchev–Trinajstić information content (AvgIpc) is 2.46. The van der Waals surface area contributed by atoms with Crippen LogP contribution >= 0.6 is 45.1 Å². The highest BCUT2D eigenvalue weighted by molar-refractivity contribution is 8.76. The summed E-state index contributed by atoms with van der Waals surface area (Å²) in [6.45, 7) is 7.67. The fraction of sp³-hybridized carbons (Fsp3) is 0.323. The Labute approximate surface area is 514 Å². The minimum atomic E-state index is -0.585. The molecule has 0 unspecified atom stereocenters. The van der Waals surface area contributed by atoms with Crippen molar-refractivity contribution in [2.24, 2.45) is 11.8 Å². The molecule has 4 fully saturated rings. The maximum atomic E-state index is 12.8. The lowest BCUT2D eigenvalue weighted by Crippen LogP contribution is -2.64. The van der Waals surface area contributed by atoms with E-state index in [-0.39, 0.29) is 79.6 Å². The second-order valence-corrected chi connectivity index (χ2v) is 26.0. The molecular weight excluding hydrogens is 1150 g/mol. The number of hydrogen-bond donors (Lipinski definition) is 8. The van der Waals surface area contributed by atoms with Gasteiger partial charge in [-0.3, -0.25) is 38.4 Å². The SMILES string of the molecule is C.CC(C)[C@@H]1NC(=O)[C@@H](CSSC[C@@H]2NC(=O)CNC2=O)NC1=O.CC(C)[C@H]1NC(=O)[C@H](CSC(c2ccccc2)(c2ccccc2)c2ccccc2)NC1=O.O=C1CNC(=O)[C@H](CSC(c2ccccc2)(c2ccccc2)c2ccccc2)N1. The Balaban J connectivity index is 0.000000184. The average molecular weight is 1220 g/mol. The minimum absolute atomic E-state index is 0. The van der Waals surface area contributed by atoms with Crippen molar-refractivity contribution in [1.82, 2.24) is 42.5 Å². The molecule has 0 saturated carbocycles. The van der Waals surface area contributed by atoms with Crippen LogP contribution in [0.5, 0.6) is 0 Å². The van der Waals surface area contributed by atoms with Crippen molar-refractivity contribution in [2.75, 3.05) is 36.1 Å². The lowest BCUT2D eigenvalue weighted by atomic mass is 9.84. The van der Waals surface area contributed by atoms with Crippen molar-refractivity contribution < 1.29 is 38.4 Å². The Morgan fingerprint density at radius 2 is 0.588 bits per heavy atom. The van der Waals surface area contributed by atoms with Crippen molar-refractivity contribution in [3.63, 3.8) is 0 Å². The number of thioether (sulfide) groups is 2. The van der Waals surface area contributed by atoms with E-state index in [0.717, 1.165) is 33.4 Å². The summed E-state index contributed by atoms with van der Waals surface area (Å²) in [5, 5.41) is 21.9. The number of carbonyl (C=O) groups is 8. The van der Waals surface area contributed by atoms with Crippen molar-refractivity contribution >= 4 is 92.4 Å². The van der Waals surface area contributed by atoms with Gasteiger partial charge in [-0.25, -0.2) is 0 Å². The molecule has 6 atom stereocenters. The van der Waals surface area contributed by atoms with E-state index in [0.29, 0.717) is 23.0 Å². The van der Waals surface area contributed by atoms with Gasteiger partial charge in [-0.05, 0) is 45.2 Å². The van der Waals surface area contributed by atoms with Gasteiger partial charge < -0.3 is 42.5 Å². The first kappa shape index (κ1) is 65.0. The third kappa shape index (κ3) is 16.3. The van der Waals surface area contributed by atoms with E-state index in [9.17, 15) is 38.4 Å². The lowest BCUT2D eigenvalue weighted by molar-refractivity contribution is -0.137. The number of hydrogen-bond acceptors (Lipinski definition) is 12. The van der Waals surface area contributed by atoms with Crippen LogP contribution in [0, 0.1) is 11.8 Å². The standard InChI is InChI=1S/C27H28N2O2S.C24H22N2O2S.C13H20N4O4S2.CH4/c1-19(2)24-26(31)28-23(25(30)29-24)18-32-27(20-12-6-3-7-13-20,21-14-8-4-9-15-21)22-16-10-5-11-17-22;27-22-16-25-23(28)21(26-22)17-29-24(18-10-4-1-5-11-18,19-12-6-2-7-13-19)20-14-8-3-9-15-20;1-6(2)10-13(21)16-8(12(20)17-10)5-23-22-4-7-11(19)14-3-9(18)15-7;/h3-17,19,23-24H,18H2,1-2H3,(H,28,31)(H,29,30);1-15,21H,16-17H2,(H,25,28)(H,26,27);6-8,10H,3-5H2,1-2H3,(H,14,19)(H,15,18)(H,16,21)(H,17,20);1H4/t23-,24+;21-;7-,8+,10-;/m000./s1. The Hall–Kier alpha value is -7.52. The summed E-state index contributed by atoms with van der Waals surface area (Å²) >= 11 is 3.34. The molecule has 446 valence electrons. The number of piperazine rings is 4. The molecule has 16 nitrogen and oxygen atoms in total. The molecule has 0 aromatic heterocycles. The van der Waals surface area contributed by atoms with Crippen LogP contribution in [0.2, 0.25) is 0 Å². The molecule has 4 saturated heterocycles.